The molecule has 0 atom stereocenters. The zero-order chi connectivity index (χ0) is 21.8. The second kappa shape index (κ2) is 8.93. The predicted octanol–water partition coefficient (Wildman–Crippen LogP) is 5.23. The highest BCUT2D eigenvalue weighted by molar-refractivity contribution is 7.19. The van der Waals surface area contributed by atoms with E-state index in [9.17, 15) is 9.59 Å². The summed E-state index contributed by atoms with van der Waals surface area (Å²) in [4.78, 5) is 29.8. The first-order chi connectivity index (χ1) is 15.0. The maximum atomic E-state index is 12.3. The number of para-hydroxylation sites is 1. The highest BCUT2D eigenvalue weighted by Gasteiger charge is 2.19. The van der Waals surface area contributed by atoms with Crippen LogP contribution in [0.1, 0.15) is 19.9 Å². The van der Waals surface area contributed by atoms with E-state index in [1.54, 1.807) is 30.3 Å². The van der Waals surface area contributed by atoms with Gasteiger partial charge < -0.3 is 4.74 Å². The fourth-order valence-corrected chi connectivity index (χ4v) is 3.90. The highest BCUT2D eigenvalue weighted by Crippen LogP contribution is 2.38. The number of hydrogen-bond acceptors (Lipinski definition) is 6. The number of aromatic nitrogens is 3. The number of anilines is 1. The number of thiazole rings is 1. The van der Waals surface area contributed by atoms with Crippen LogP contribution in [0.2, 0.25) is 0 Å². The van der Waals surface area contributed by atoms with Gasteiger partial charge in [0.2, 0.25) is 0 Å². The Hall–Kier alpha value is -3.78. The van der Waals surface area contributed by atoms with Gasteiger partial charge in [-0.2, -0.15) is 5.10 Å². The SMILES string of the molecule is CC(C)n1nc(-c2sc(NC(=O)Oc3ccccc3)nc2-c2ccccc2)ccc1=O. The molecule has 0 aliphatic rings. The number of benzene rings is 2. The molecule has 2 aromatic heterocycles. The summed E-state index contributed by atoms with van der Waals surface area (Å²) in [6, 6.07) is 21.5. The first-order valence-corrected chi connectivity index (χ1v) is 10.5. The summed E-state index contributed by atoms with van der Waals surface area (Å²) in [5.74, 6) is 0.436. The average molecular weight is 433 g/mol. The first-order valence-electron chi connectivity index (χ1n) is 9.71. The third-order valence-corrected chi connectivity index (χ3v) is 5.38. The topological polar surface area (TPSA) is 86.1 Å². The number of nitrogens with zero attached hydrogens (tertiary/aromatic N) is 3. The van der Waals surface area contributed by atoms with Gasteiger partial charge in [0.25, 0.3) is 5.56 Å². The van der Waals surface area contributed by atoms with Crippen LogP contribution in [-0.4, -0.2) is 20.9 Å². The molecule has 8 heteroatoms. The third kappa shape index (κ3) is 4.70. The first kappa shape index (κ1) is 20.5. The van der Waals surface area contributed by atoms with Crippen LogP contribution in [0.3, 0.4) is 0 Å². The molecule has 0 radical (unpaired) electrons. The van der Waals surface area contributed by atoms with E-state index >= 15 is 0 Å². The number of rotatable bonds is 5. The fourth-order valence-electron chi connectivity index (χ4n) is 2.96. The van der Waals surface area contributed by atoms with Crippen LogP contribution in [0, 0.1) is 0 Å². The van der Waals surface area contributed by atoms with Gasteiger partial charge in [0.15, 0.2) is 5.13 Å². The standard InChI is InChI=1S/C23H20N4O3S/c1-15(2)27-19(28)14-13-18(26-27)21-20(16-9-5-3-6-10-16)24-22(31-21)25-23(29)30-17-11-7-4-8-12-17/h3-15H,1-2H3,(H,24,25,29). The van der Waals surface area contributed by atoms with Gasteiger partial charge in [-0.15, -0.1) is 0 Å². The average Bonchev–Trinajstić information content (AvgIpc) is 3.18. The Morgan fingerprint density at radius 1 is 1.00 bits per heavy atom. The molecule has 0 bridgehead atoms. The van der Waals surface area contributed by atoms with Crippen LogP contribution >= 0.6 is 11.3 Å². The van der Waals surface area contributed by atoms with Crippen molar-refractivity contribution < 1.29 is 9.53 Å². The van der Waals surface area contributed by atoms with Gasteiger partial charge in [-0.05, 0) is 32.0 Å². The molecule has 4 aromatic rings. The summed E-state index contributed by atoms with van der Waals surface area (Å²) >= 11 is 1.27. The lowest BCUT2D eigenvalue weighted by molar-refractivity contribution is 0.215. The van der Waals surface area contributed by atoms with Crippen molar-refractivity contribution in [3.8, 4) is 27.6 Å². The number of carbonyl (C=O) groups excluding carboxylic acids is 1. The van der Waals surface area contributed by atoms with Crippen molar-refractivity contribution in [1.29, 1.82) is 0 Å². The summed E-state index contributed by atoms with van der Waals surface area (Å²) in [6.07, 6.45) is -0.633. The molecule has 2 aromatic carbocycles. The minimum atomic E-state index is -0.633. The van der Waals surface area contributed by atoms with E-state index in [1.807, 2.05) is 50.2 Å². The van der Waals surface area contributed by atoms with Crippen molar-refractivity contribution in [2.45, 2.75) is 19.9 Å². The van der Waals surface area contributed by atoms with E-state index < -0.39 is 6.09 Å². The summed E-state index contributed by atoms with van der Waals surface area (Å²) in [7, 11) is 0. The molecule has 0 aliphatic carbocycles. The minimum Gasteiger partial charge on any atom is -0.410 e. The number of hydrogen-bond donors (Lipinski definition) is 1. The van der Waals surface area contributed by atoms with Crippen LogP contribution in [0.4, 0.5) is 9.93 Å². The Balaban J connectivity index is 1.71. The second-order valence-electron chi connectivity index (χ2n) is 6.99. The Kier molecular flexibility index (Phi) is 5.90. The molecule has 2 heterocycles. The van der Waals surface area contributed by atoms with Crippen molar-refractivity contribution in [2.75, 3.05) is 5.32 Å². The number of carbonyl (C=O) groups is 1. The van der Waals surface area contributed by atoms with Crippen molar-refractivity contribution in [1.82, 2.24) is 14.8 Å². The van der Waals surface area contributed by atoms with Gasteiger partial charge in [-0.25, -0.2) is 14.5 Å². The molecule has 4 rings (SSSR count). The molecule has 156 valence electrons. The summed E-state index contributed by atoms with van der Waals surface area (Å²) in [5.41, 5.74) is 1.98. The van der Waals surface area contributed by atoms with E-state index in [0.29, 0.717) is 22.3 Å². The van der Waals surface area contributed by atoms with E-state index in [4.69, 9.17) is 4.74 Å². The summed E-state index contributed by atoms with van der Waals surface area (Å²) in [6.45, 7) is 3.80. The van der Waals surface area contributed by atoms with Gasteiger partial charge in [-0.1, -0.05) is 59.9 Å². The number of nitrogens with one attached hydrogen (secondary N) is 1. The van der Waals surface area contributed by atoms with Gasteiger partial charge in [0, 0.05) is 11.6 Å². The van der Waals surface area contributed by atoms with Gasteiger partial charge in [-0.3, -0.25) is 10.1 Å². The van der Waals surface area contributed by atoms with Crippen LogP contribution in [0.15, 0.2) is 77.6 Å². The molecular weight excluding hydrogens is 412 g/mol. The second-order valence-corrected chi connectivity index (χ2v) is 7.98. The lowest BCUT2D eigenvalue weighted by Crippen LogP contribution is -2.23. The van der Waals surface area contributed by atoms with Crippen molar-refractivity contribution in [2.24, 2.45) is 0 Å². The Morgan fingerprint density at radius 2 is 1.68 bits per heavy atom. The van der Waals surface area contributed by atoms with E-state index in [2.05, 4.69) is 15.4 Å². The van der Waals surface area contributed by atoms with E-state index in [-0.39, 0.29) is 11.6 Å². The third-order valence-electron chi connectivity index (χ3n) is 4.38. The van der Waals surface area contributed by atoms with Gasteiger partial charge in [0.05, 0.1) is 16.6 Å². The zero-order valence-electron chi connectivity index (χ0n) is 17.0. The van der Waals surface area contributed by atoms with Gasteiger partial charge in [0.1, 0.15) is 11.4 Å². The number of amides is 1. The van der Waals surface area contributed by atoms with Crippen LogP contribution in [-0.2, 0) is 0 Å². The normalized spacial score (nSPS) is 10.8. The Morgan fingerprint density at radius 3 is 2.35 bits per heavy atom. The van der Waals surface area contributed by atoms with E-state index in [0.717, 1.165) is 10.4 Å². The monoisotopic (exact) mass is 432 g/mol. The molecule has 0 saturated heterocycles. The lowest BCUT2D eigenvalue weighted by Gasteiger charge is -2.09. The van der Waals surface area contributed by atoms with E-state index in [1.165, 1.54) is 22.1 Å². The highest BCUT2D eigenvalue weighted by atomic mass is 32.1. The predicted molar refractivity (Wildman–Crippen MR) is 122 cm³/mol. The van der Waals surface area contributed by atoms with Crippen LogP contribution in [0.5, 0.6) is 5.75 Å². The zero-order valence-corrected chi connectivity index (χ0v) is 17.8. The van der Waals surface area contributed by atoms with Crippen LogP contribution in [0.25, 0.3) is 21.8 Å². The molecule has 31 heavy (non-hydrogen) atoms. The largest absolute Gasteiger partial charge is 0.418 e. The maximum Gasteiger partial charge on any atom is 0.418 e. The van der Waals surface area contributed by atoms with Gasteiger partial charge >= 0.3 is 6.09 Å². The molecule has 0 saturated carbocycles. The lowest BCUT2D eigenvalue weighted by atomic mass is 10.1. The molecule has 0 unspecified atom stereocenters. The molecule has 0 fully saturated rings. The van der Waals surface area contributed by atoms with Crippen LogP contribution < -0.4 is 15.6 Å². The smallest absolute Gasteiger partial charge is 0.410 e. The minimum absolute atomic E-state index is 0.0843. The molecule has 0 aliphatic heterocycles. The van der Waals surface area contributed by atoms with Crippen molar-refractivity contribution >= 4 is 22.6 Å². The molecule has 0 spiro atoms. The molecular formula is C23H20N4O3S. The summed E-state index contributed by atoms with van der Waals surface area (Å²) < 4.78 is 6.73. The molecule has 1 amide bonds. The maximum absolute atomic E-state index is 12.3. The van der Waals surface area contributed by atoms with Crippen molar-refractivity contribution in [3.63, 3.8) is 0 Å². The van der Waals surface area contributed by atoms with Crippen molar-refractivity contribution in [3.05, 3.63) is 83.2 Å². The molecule has 1 N–H and O–H groups in total. The number of ether oxygens (including phenoxy) is 1. The fraction of sp³-hybridized carbons (Fsp3) is 0.130. The Labute approximate surface area is 183 Å². The summed E-state index contributed by atoms with van der Waals surface area (Å²) in [5, 5.41) is 7.58. The molecule has 7 nitrogen and oxygen atoms in total. The Bertz CT molecular complexity index is 1250. The quantitative estimate of drug-likeness (QED) is 0.467.